The van der Waals surface area contributed by atoms with Crippen LogP contribution in [0.5, 0.6) is 0 Å². The Morgan fingerprint density at radius 2 is 1.94 bits per heavy atom. The van der Waals surface area contributed by atoms with E-state index in [1.54, 1.807) is 0 Å². The van der Waals surface area contributed by atoms with Crippen LogP contribution in [-0.2, 0) is 6.54 Å². The van der Waals surface area contributed by atoms with Crippen LogP contribution < -0.4 is 5.73 Å². The molecular weight excluding hydrogens is 278 g/mol. The minimum Gasteiger partial charge on any atom is -0.383 e. The van der Waals surface area contributed by atoms with Gasteiger partial charge in [0.05, 0.1) is 6.33 Å². The van der Waals surface area contributed by atoms with Crippen LogP contribution in [0.15, 0.2) is 35.1 Å². The van der Waals surface area contributed by atoms with Crippen LogP contribution in [0.1, 0.15) is 13.8 Å². The summed E-state index contributed by atoms with van der Waals surface area (Å²) in [7, 11) is 0. The molecule has 1 aromatic heterocycles. The van der Waals surface area contributed by atoms with Crippen LogP contribution in [0.25, 0.3) is 11.3 Å². The van der Waals surface area contributed by atoms with Gasteiger partial charge in [-0.1, -0.05) is 41.9 Å². The smallest absolute Gasteiger partial charge is 0.131 e. The van der Waals surface area contributed by atoms with E-state index in [2.05, 4.69) is 34.8 Å². The number of benzene rings is 1. The highest BCUT2D eigenvalue weighted by Crippen LogP contribution is 2.26. The van der Waals surface area contributed by atoms with E-state index in [-0.39, 0.29) is 0 Å². The van der Waals surface area contributed by atoms with Gasteiger partial charge in [0.2, 0.25) is 0 Å². The Bertz CT molecular complexity index is 500. The lowest BCUT2D eigenvalue weighted by atomic mass is 10.1. The monoisotopic (exact) mass is 293 g/mol. The van der Waals surface area contributed by atoms with Crippen LogP contribution in [-0.4, -0.2) is 9.55 Å². The van der Waals surface area contributed by atoms with Gasteiger partial charge in [-0.3, -0.25) is 0 Å². The van der Waals surface area contributed by atoms with Gasteiger partial charge in [-0.25, -0.2) is 4.98 Å². The number of imidazole rings is 1. The predicted molar refractivity (Wildman–Crippen MR) is 74.6 cm³/mol. The highest BCUT2D eigenvalue weighted by atomic mass is 79.9. The summed E-state index contributed by atoms with van der Waals surface area (Å²) in [6, 6.07) is 8.03. The second kappa shape index (κ2) is 4.92. The summed E-state index contributed by atoms with van der Waals surface area (Å²) in [6.45, 7) is 5.23. The number of rotatable bonds is 3. The molecule has 90 valence electrons. The van der Waals surface area contributed by atoms with Crippen molar-refractivity contribution in [3.63, 3.8) is 0 Å². The van der Waals surface area contributed by atoms with Crippen LogP contribution >= 0.6 is 15.9 Å². The normalized spacial score (nSPS) is 11.1. The van der Waals surface area contributed by atoms with E-state index >= 15 is 0 Å². The van der Waals surface area contributed by atoms with Gasteiger partial charge >= 0.3 is 0 Å². The molecule has 4 heteroatoms. The molecule has 2 N–H and O–H groups in total. The quantitative estimate of drug-likeness (QED) is 0.940. The van der Waals surface area contributed by atoms with Crippen molar-refractivity contribution in [2.75, 3.05) is 5.73 Å². The van der Waals surface area contributed by atoms with E-state index in [9.17, 15) is 0 Å². The Morgan fingerprint density at radius 3 is 2.53 bits per heavy atom. The first-order valence-electron chi connectivity index (χ1n) is 5.64. The average molecular weight is 294 g/mol. The Kier molecular flexibility index (Phi) is 3.52. The standard InChI is InChI=1S/C13H16BrN3/c1-9(2)7-17-8-16-12(13(17)15)10-3-5-11(14)6-4-10/h3-6,8-9H,7,15H2,1-2H3. The Hall–Kier alpha value is -1.29. The molecule has 0 aliphatic rings. The van der Waals surface area contributed by atoms with Crippen molar-refractivity contribution < 1.29 is 0 Å². The molecule has 0 aliphatic heterocycles. The minimum atomic E-state index is 0.560. The summed E-state index contributed by atoms with van der Waals surface area (Å²) < 4.78 is 3.06. The lowest BCUT2D eigenvalue weighted by Gasteiger charge is -2.08. The molecule has 0 unspecified atom stereocenters. The predicted octanol–water partition coefficient (Wildman–Crippen LogP) is 3.55. The molecule has 1 heterocycles. The topological polar surface area (TPSA) is 43.8 Å². The molecule has 0 spiro atoms. The maximum absolute atomic E-state index is 6.11. The first kappa shape index (κ1) is 12.2. The lowest BCUT2D eigenvalue weighted by molar-refractivity contribution is 0.527. The summed E-state index contributed by atoms with van der Waals surface area (Å²) in [4.78, 5) is 4.39. The third-order valence-corrected chi connectivity index (χ3v) is 3.09. The fourth-order valence-corrected chi connectivity index (χ4v) is 2.03. The van der Waals surface area contributed by atoms with E-state index in [0.717, 1.165) is 28.1 Å². The number of hydrogen-bond acceptors (Lipinski definition) is 2. The Balaban J connectivity index is 2.33. The molecular formula is C13H16BrN3. The summed E-state index contributed by atoms with van der Waals surface area (Å²) >= 11 is 3.42. The van der Waals surface area contributed by atoms with Gasteiger partial charge in [0.15, 0.2) is 0 Å². The molecule has 2 aromatic rings. The Morgan fingerprint density at radius 1 is 1.29 bits per heavy atom. The summed E-state index contributed by atoms with van der Waals surface area (Å²) in [5, 5.41) is 0. The molecule has 0 amide bonds. The first-order valence-corrected chi connectivity index (χ1v) is 6.43. The number of hydrogen-bond donors (Lipinski definition) is 1. The first-order chi connectivity index (χ1) is 8.08. The number of nitrogen functional groups attached to an aromatic ring is 1. The molecule has 0 aliphatic carbocycles. The number of anilines is 1. The molecule has 0 bridgehead atoms. The summed E-state index contributed by atoms with van der Waals surface area (Å²) in [6.07, 6.45) is 1.81. The van der Waals surface area contributed by atoms with Gasteiger partial charge < -0.3 is 10.3 Å². The molecule has 0 saturated carbocycles. The third kappa shape index (κ3) is 2.69. The molecule has 0 radical (unpaired) electrons. The van der Waals surface area contributed by atoms with Gasteiger partial charge in [0.25, 0.3) is 0 Å². The highest BCUT2D eigenvalue weighted by molar-refractivity contribution is 9.10. The largest absolute Gasteiger partial charge is 0.383 e. The molecule has 2 rings (SSSR count). The van der Waals surface area contributed by atoms with E-state index in [0.29, 0.717) is 5.92 Å². The van der Waals surface area contributed by atoms with Gasteiger partial charge in [-0.05, 0) is 18.1 Å². The zero-order chi connectivity index (χ0) is 12.4. The Labute approximate surface area is 110 Å². The number of nitrogens with zero attached hydrogens (tertiary/aromatic N) is 2. The summed E-state index contributed by atoms with van der Waals surface area (Å²) in [5.41, 5.74) is 8.02. The van der Waals surface area contributed by atoms with Crippen LogP contribution in [0.4, 0.5) is 5.82 Å². The fraction of sp³-hybridized carbons (Fsp3) is 0.308. The SMILES string of the molecule is CC(C)Cn1cnc(-c2ccc(Br)cc2)c1N. The fourth-order valence-electron chi connectivity index (χ4n) is 1.76. The number of halogens is 1. The molecule has 1 aromatic carbocycles. The van der Waals surface area contributed by atoms with Crippen molar-refractivity contribution in [1.29, 1.82) is 0 Å². The van der Waals surface area contributed by atoms with Crippen molar-refractivity contribution in [1.82, 2.24) is 9.55 Å². The highest BCUT2D eigenvalue weighted by Gasteiger charge is 2.10. The summed E-state index contributed by atoms with van der Waals surface area (Å²) in [5.74, 6) is 1.30. The van der Waals surface area contributed by atoms with Gasteiger partial charge in [0.1, 0.15) is 11.5 Å². The maximum Gasteiger partial charge on any atom is 0.131 e. The van der Waals surface area contributed by atoms with E-state index in [1.165, 1.54) is 0 Å². The van der Waals surface area contributed by atoms with E-state index < -0.39 is 0 Å². The maximum atomic E-state index is 6.11. The van der Waals surface area contributed by atoms with E-state index in [4.69, 9.17) is 5.73 Å². The molecule has 0 atom stereocenters. The second-order valence-electron chi connectivity index (χ2n) is 4.53. The van der Waals surface area contributed by atoms with Crippen LogP contribution in [0.2, 0.25) is 0 Å². The number of nitrogens with two attached hydrogens (primary N) is 1. The molecule has 0 saturated heterocycles. The van der Waals surface area contributed by atoms with Crippen molar-refractivity contribution >= 4 is 21.7 Å². The van der Waals surface area contributed by atoms with Gasteiger partial charge in [-0.15, -0.1) is 0 Å². The van der Waals surface area contributed by atoms with Gasteiger partial charge in [0, 0.05) is 16.6 Å². The average Bonchev–Trinajstić information content (AvgIpc) is 2.61. The van der Waals surface area contributed by atoms with Gasteiger partial charge in [-0.2, -0.15) is 0 Å². The van der Waals surface area contributed by atoms with Crippen LogP contribution in [0, 0.1) is 5.92 Å². The zero-order valence-corrected chi connectivity index (χ0v) is 11.6. The third-order valence-electron chi connectivity index (χ3n) is 2.56. The van der Waals surface area contributed by atoms with Crippen LogP contribution in [0.3, 0.4) is 0 Å². The van der Waals surface area contributed by atoms with E-state index in [1.807, 2.05) is 35.2 Å². The molecule has 3 nitrogen and oxygen atoms in total. The van der Waals surface area contributed by atoms with Crippen molar-refractivity contribution in [2.24, 2.45) is 5.92 Å². The lowest BCUT2D eigenvalue weighted by Crippen LogP contribution is -2.06. The number of aromatic nitrogens is 2. The van der Waals surface area contributed by atoms with Crippen molar-refractivity contribution in [3.8, 4) is 11.3 Å². The molecule has 0 fully saturated rings. The minimum absolute atomic E-state index is 0.560. The second-order valence-corrected chi connectivity index (χ2v) is 5.45. The van der Waals surface area contributed by atoms with Crippen molar-refractivity contribution in [2.45, 2.75) is 20.4 Å². The zero-order valence-electron chi connectivity index (χ0n) is 10.0. The molecule has 17 heavy (non-hydrogen) atoms. The van der Waals surface area contributed by atoms with Crippen molar-refractivity contribution in [3.05, 3.63) is 35.1 Å².